The van der Waals surface area contributed by atoms with Crippen LogP contribution in [0.1, 0.15) is 42.1 Å². The summed E-state index contributed by atoms with van der Waals surface area (Å²) in [7, 11) is 0. The lowest BCUT2D eigenvalue weighted by Gasteiger charge is -2.32. The van der Waals surface area contributed by atoms with E-state index in [4.69, 9.17) is 9.05 Å². The molecule has 1 unspecified atom stereocenters. The zero-order chi connectivity index (χ0) is 20.2. The second kappa shape index (κ2) is 8.55. The molecule has 152 valence electrons. The van der Waals surface area contributed by atoms with Crippen molar-refractivity contribution in [2.24, 2.45) is 5.92 Å². The fourth-order valence-electron chi connectivity index (χ4n) is 3.84. The molecule has 1 aliphatic heterocycles. The van der Waals surface area contributed by atoms with E-state index in [0.29, 0.717) is 24.1 Å². The Morgan fingerprint density at radius 2 is 2.03 bits per heavy atom. The van der Waals surface area contributed by atoms with E-state index in [2.05, 4.69) is 20.3 Å². The highest BCUT2D eigenvalue weighted by molar-refractivity contribution is 5.79. The molecule has 0 bridgehead atoms. The van der Waals surface area contributed by atoms with Crippen LogP contribution in [0.15, 0.2) is 33.6 Å². The molecule has 0 aromatic carbocycles. The molecular formula is C21H25N5O3. The van der Waals surface area contributed by atoms with Gasteiger partial charge in [0, 0.05) is 43.0 Å². The number of aromatic nitrogens is 4. The normalized spacial score (nSPS) is 16.9. The van der Waals surface area contributed by atoms with E-state index in [1.165, 1.54) is 0 Å². The van der Waals surface area contributed by atoms with Crippen LogP contribution in [0.3, 0.4) is 0 Å². The first-order valence-corrected chi connectivity index (χ1v) is 10.0. The molecule has 0 saturated carbocycles. The Morgan fingerprint density at radius 3 is 2.79 bits per heavy atom. The highest BCUT2D eigenvalue weighted by atomic mass is 16.5. The number of piperidine rings is 1. The van der Waals surface area contributed by atoms with Crippen molar-refractivity contribution < 1.29 is 13.8 Å². The average molecular weight is 395 g/mol. The van der Waals surface area contributed by atoms with Gasteiger partial charge in [0.2, 0.25) is 5.91 Å². The Bertz CT molecular complexity index is 946. The van der Waals surface area contributed by atoms with Crippen molar-refractivity contribution in [2.45, 2.75) is 46.0 Å². The minimum absolute atomic E-state index is 0.142. The summed E-state index contributed by atoms with van der Waals surface area (Å²) in [5.41, 5.74) is 2.58. The molecule has 1 atom stereocenters. The SMILES string of the molecule is Cc1noc(C)c1CC(=O)N1CCCC(CCc2noc(-c3ccncc3)n2)C1. The third-order valence-corrected chi connectivity index (χ3v) is 5.55. The standard InChI is InChI=1S/C21H25N5O3/c1-14-18(15(2)28-24-14)12-20(27)26-11-3-4-16(13-26)5-6-19-23-21(29-25-19)17-7-9-22-10-8-17/h7-10,16H,3-6,11-13H2,1-2H3. The molecule has 0 aliphatic carbocycles. The monoisotopic (exact) mass is 395 g/mol. The largest absolute Gasteiger partial charge is 0.361 e. The Balaban J connectivity index is 1.31. The molecule has 1 amide bonds. The summed E-state index contributed by atoms with van der Waals surface area (Å²) in [5.74, 6) is 2.54. The summed E-state index contributed by atoms with van der Waals surface area (Å²) in [6.45, 7) is 5.32. The summed E-state index contributed by atoms with van der Waals surface area (Å²) >= 11 is 0. The van der Waals surface area contributed by atoms with Crippen LogP contribution in [0, 0.1) is 19.8 Å². The van der Waals surface area contributed by atoms with Gasteiger partial charge in [0.05, 0.1) is 12.1 Å². The number of pyridine rings is 1. The lowest BCUT2D eigenvalue weighted by Crippen LogP contribution is -2.41. The Morgan fingerprint density at radius 1 is 1.21 bits per heavy atom. The van der Waals surface area contributed by atoms with Gasteiger partial charge >= 0.3 is 0 Å². The van der Waals surface area contributed by atoms with Crippen LogP contribution in [0.5, 0.6) is 0 Å². The van der Waals surface area contributed by atoms with E-state index >= 15 is 0 Å². The van der Waals surface area contributed by atoms with Crippen molar-refractivity contribution >= 4 is 5.91 Å². The molecule has 4 heterocycles. The average Bonchev–Trinajstić information content (AvgIpc) is 3.35. The number of carbonyl (C=O) groups is 1. The van der Waals surface area contributed by atoms with Gasteiger partial charge in [0.1, 0.15) is 5.76 Å². The maximum absolute atomic E-state index is 12.8. The number of nitrogens with zero attached hydrogens (tertiary/aromatic N) is 5. The van der Waals surface area contributed by atoms with Crippen LogP contribution in [0.2, 0.25) is 0 Å². The third kappa shape index (κ3) is 4.52. The summed E-state index contributed by atoms with van der Waals surface area (Å²) in [6.07, 6.45) is 7.57. The van der Waals surface area contributed by atoms with Crippen molar-refractivity contribution in [3.8, 4) is 11.5 Å². The van der Waals surface area contributed by atoms with Gasteiger partial charge in [-0.15, -0.1) is 0 Å². The first-order valence-electron chi connectivity index (χ1n) is 10.0. The number of aryl methyl sites for hydroxylation is 3. The zero-order valence-corrected chi connectivity index (χ0v) is 16.8. The first kappa shape index (κ1) is 19.3. The lowest BCUT2D eigenvalue weighted by molar-refractivity contribution is -0.132. The predicted octanol–water partition coefficient (Wildman–Crippen LogP) is 3.15. The highest BCUT2D eigenvalue weighted by Gasteiger charge is 2.25. The topological polar surface area (TPSA) is 98.2 Å². The second-order valence-electron chi connectivity index (χ2n) is 7.62. The second-order valence-corrected chi connectivity index (χ2v) is 7.62. The number of amides is 1. The number of likely N-dealkylation sites (tertiary alicyclic amines) is 1. The maximum Gasteiger partial charge on any atom is 0.258 e. The highest BCUT2D eigenvalue weighted by Crippen LogP contribution is 2.23. The van der Waals surface area contributed by atoms with Gasteiger partial charge in [0.15, 0.2) is 5.82 Å². The molecule has 4 rings (SSSR count). The summed E-state index contributed by atoms with van der Waals surface area (Å²) in [6, 6.07) is 3.70. The molecule has 0 radical (unpaired) electrons. The summed E-state index contributed by atoms with van der Waals surface area (Å²) in [4.78, 5) is 23.2. The molecule has 8 heteroatoms. The number of rotatable bonds is 6. The van der Waals surface area contributed by atoms with E-state index in [0.717, 1.165) is 61.4 Å². The Labute approximate surface area is 169 Å². The van der Waals surface area contributed by atoms with Gasteiger partial charge in [0.25, 0.3) is 5.89 Å². The van der Waals surface area contributed by atoms with Gasteiger partial charge in [-0.25, -0.2) is 0 Å². The minimum atomic E-state index is 0.142. The van der Waals surface area contributed by atoms with Crippen LogP contribution in [0.4, 0.5) is 0 Å². The Kier molecular flexibility index (Phi) is 5.69. The molecular weight excluding hydrogens is 370 g/mol. The van der Waals surface area contributed by atoms with E-state index in [9.17, 15) is 4.79 Å². The molecule has 0 spiro atoms. The van der Waals surface area contributed by atoms with Gasteiger partial charge in [-0.1, -0.05) is 10.3 Å². The van der Waals surface area contributed by atoms with Crippen LogP contribution < -0.4 is 0 Å². The lowest BCUT2D eigenvalue weighted by atomic mass is 9.93. The molecule has 1 saturated heterocycles. The first-order chi connectivity index (χ1) is 14.1. The fraction of sp³-hybridized carbons (Fsp3) is 0.476. The third-order valence-electron chi connectivity index (χ3n) is 5.55. The smallest absolute Gasteiger partial charge is 0.258 e. The van der Waals surface area contributed by atoms with Crippen LogP contribution in [0.25, 0.3) is 11.5 Å². The van der Waals surface area contributed by atoms with Crippen LogP contribution >= 0.6 is 0 Å². The molecule has 3 aromatic heterocycles. The molecule has 29 heavy (non-hydrogen) atoms. The van der Waals surface area contributed by atoms with Crippen molar-refractivity contribution in [1.82, 2.24) is 25.2 Å². The number of carbonyl (C=O) groups excluding carboxylic acids is 1. The van der Waals surface area contributed by atoms with Gasteiger partial charge in [-0.05, 0) is 51.2 Å². The quantitative estimate of drug-likeness (QED) is 0.632. The van der Waals surface area contributed by atoms with E-state index in [1.54, 1.807) is 12.4 Å². The predicted molar refractivity (Wildman–Crippen MR) is 105 cm³/mol. The molecule has 3 aromatic rings. The van der Waals surface area contributed by atoms with Crippen molar-refractivity contribution in [1.29, 1.82) is 0 Å². The Hall–Kier alpha value is -3.03. The molecule has 1 fully saturated rings. The number of hydrogen-bond acceptors (Lipinski definition) is 7. The van der Waals surface area contributed by atoms with Gasteiger partial charge < -0.3 is 13.9 Å². The minimum Gasteiger partial charge on any atom is -0.361 e. The van der Waals surface area contributed by atoms with E-state index < -0.39 is 0 Å². The van der Waals surface area contributed by atoms with Gasteiger partial charge in [-0.3, -0.25) is 9.78 Å². The fourth-order valence-corrected chi connectivity index (χ4v) is 3.84. The van der Waals surface area contributed by atoms with Crippen LogP contribution in [-0.4, -0.2) is 44.2 Å². The number of hydrogen-bond donors (Lipinski definition) is 0. The van der Waals surface area contributed by atoms with Gasteiger partial charge in [-0.2, -0.15) is 4.98 Å². The van der Waals surface area contributed by atoms with Crippen LogP contribution in [-0.2, 0) is 17.6 Å². The van der Waals surface area contributed by atoms with E-state index in [1.807, 2.05) is 30.9 Å². The molecule has 0 N–H and O–H groups in total. The zero-order valence-electron chi connectivity index (χ0n) is 16.8. The van der Waals surface area contributed by atoms with Crippen molar-refractivity contribution in [2.75, 3.05) is 13.1 Å². The molecule has 1 aliphatic rings. The summed E-state index contributed by atoms with van der Waals surface area (Å²) in [5, 5.41) is 8.04. The van der Waals surface area contributed by atoms with Crippen molar-refractivity contribution in [3.63, 3.8) is 0 Å². The van der Waals surface area contributed by atoms with E-state index in [-0.39, 0.29) is 5.91 Å². The van der Waals surface area contributed by atoms with Crippen molar-refractivity contribution in [3.05, 3.63) is 47.4 Å². The molecule has 8 nitrogen and oxygen atoms in total. The summed E-state index contributed by atoms with van der Waals surface area (Å²) < 4.78 is 10.5. The maximum atomic E-state index is 12.8.